The molecule has 0 aliphatic heterocycles. The van der Waals surface area contributed by atoms with Gasteiger partial charge in [-0.15, -0.1) is 5.10 Å². The van der Waals surface area contributed by atoms with Crippen LogP contribution in [-0.4, -0.2) is 37.8 Å². The lowest BCUT2D eigenvalue weighted by Crippen LogP contribution is -1.99. The number of ether oxygens (including phenoxy) is 1. The maximum Gasteiger partial charge on any atom is 0.375 e. The van der Waals surface area contributed by atoms with E-state index in [1.54, 1.807) is 19.5 Å². The van der Waals surface area contributed by atoms with Gasteiger partial charge < -0.3 is 9.84 Å². The second-order valence-electron chi connectivity index (χ2n) is 4.06. The molecule has 2 aromatic heterocycles. The standard InChI is InChI=1S/C13H10N4O3/c1-20-10-4-2-3-8(5-10)9-6-14-13-15-11(12(18)19)16-17(13)7-9/h2-7H,1H3,(H,18,19). The van der Waals surface area contributed by atoms with Crippen molar-refractivity contribution < 1.29 is 14.6 Å². The molecule has 0 radical (unpaired) electrons. The third-order valence-corrected chi connectivity index (χ3v) is 2.79. The number of fused-ring (bicyclic) bond motifs is 1. The number of aromatic carboxylic acids is 1. The number of carbonyl (C=O) groups is 1. The smallest absolute Gasteiger partial charge is 0.375 e. The molecule has 7 nitrogen and oxygen atoms in total. The summed E-state index contributed by atoms with van der Waals surface area (Å²) in [6.45, 7) is 0. The molecule has 0 aliphatic carbocycles. The molecular weight excluding hydrogens is 260 g/mol. The molecule has 0 saturated heterocycles. The van der Waals surface area contributed by atoms with Gasteiger partial charge in [0.25, 0.3) is 11.6 Å². The second kappa shape index (κ2) is 4.61. The fourth-order valence-corrected chi connectivity index (χ4v) is 1.82. The molecule has 7 heteroatoms. The number of methoxy groups -OCH3 is 1. The Morgan fingerprint density at radius 2 is 2.20 bits per heavy atom. The minimum absolute atomic E-state index is 0.244. The van der Waals surface area contributed by atoms with Crippen molar-refractivity contribution in [2.45, 2.75) is 0 Å². The summed E-state index contributed by atoms with van der Waals surface area (Å²) in [5.41, 5.74) is 1.68. The summed E-state index contributed by atoms with van der Waals surface area (Å²) in [5, 5.41) is 12.7. The highest BCUT2D eigenvalue weighted by Crippen LogP contribution is 2.22. The minimum atomic E-state index is -1.18. The Bertz CT molecular complexity index is 797. The molecule has 2 heterocycles. The molecule has 3 aromatic rings. The second-order valence-corrected chi connectivity index (χ2v) is 4.06. The first-order valence-electron chi connectivity index (χ1n) is 5.77. The van der Waals surface area contributed by atoms with E-state index in [9.17, 15) is 4.79 Å². The third-order valence-electron chi connectivity index (χ3n) is 2.79. The fourth-order valence-electron chi connectivity index (χ4n) is 1.82. The molecule has 3 rings (SSSR count). The summed E-state index contributed by atoms with van der Waals surface area (Å²) in [7, 11) is 1.59. The summed E-state index contributed by atoms with van der Waals surface area (Å²) in [4.78, 5) is 18.7. The van der Waals surface area contributed by atoms with Gasteiger partial charge in [-0.25, -0.2) is 14.3 Å². The first-order chi connectivity index (χ1) is 9.67. The maximum absolute atomic E-state index is 10.8. The molecule has 0 unspecified atom stereocenters. The highest BCUT2D eigenvalue weighted by molar-refractivity contribution is 5.83. The van der Waals surface area contributed by atoms with Gasteiger partial charge in [0.15, 0.2) is 0 Å². The Labute approximate surface area is 113 Å². The molecule has 0 spiro atoms. The average molecular weight is 270 g/mol. The summed E-state index contributed by atoms with van der Waals surface area (Å²) in [5.74, 6) is -0.486. The van der Waals surface area contributed by atoms with E-state index < -0.39 is 5.97 Å². The zero-order valence-electron chi connectivity index (χ0n) is 10.5. The summed E-state index contributed by atoms with van der Waals surface area (Å²) >= 11 is 0. The number of nitrogens with zero attached hydrogens (tertiary/aromatic N) is 4. The van der Waals surface area contributed by atoms with Crippen LogP contribution in [0.3, 0.4) is 0 Å². The van der Waals surface area contributed by atoms with Gasteiger partial charge >= 0.3 is 5.97 Å². The molecule has 0 fully saturated rings. The van der Waals surface area contributed by atoms with E-state index in [1.807, 2.05) is 24.3 Å². The first-order valence-corrected chi connectivity index (χ1v) is 5.77. The number of benzene rings is 1. The molecule has 100 valence electrons. The summed E-state index contributed by atoms with van der Waals surface area (Å²) in [6, 6.07) is 7.47. The number of hydrogen-bond donors (Lipinski definition) is 1. The molecule has 1 N–H and O–H groups in total. The Kier molecular flexibility index (Phi) is 2.79. The van der Waals surface area contributed by atoms with Gasteiger partial charge in [-0.3, -0.25) is 0 Å². The van der Waals surface area contributed by atoms with Crippen LogP contribution in [0.25, 0.3) is 16.9 Å². The first kappa shape index (κ1) is 12.1. The van der Waals surface area contributed by atoms with Crippen molar-refractivity contribution in [2.75, 3.05) is 7.11 Å². The Morgan fingerprint density at radius 1 is 1.35 bits per heavy atom. The molecule has 20 heavy (non-hydrogen) atoms. The lowest BCUT2D eigenvalue weighted by atomic mass is 10.1. The van der Waals surface area contributed by atoms with E-state index in [2.05, 4.69) is 15.1 Å². The SMILES string of the molecule is COc1cccc(-c2cnc3nc(C(=O)O)nn3c2)c1. The van der Waals surface area contributed by atoms with E-state index in [4.69, 9.17) is 9.84 Å². The normalized spacial score (nSPS) is 10.7. The average Bonchev–Trinajstić information content (AvgIpc) is 2.90. The molecule has 0 saturated carbocycles. The molecule has 1 aromatic carbocycles. The zero-order valence-corrected chi connectivity index (χ0v) is 10.5. The van der Waals surface area contributed by atoms with Crippen LogP contribution < -0.4 is 4.74 Å². The van der Waals surface area contributed by atoms with Crippen molar-refractivity contribution in [1.82, 2.24) is 19.6 Å². The van der Waals surface area contributed by atoms with E-state index in [1.165, 1.54) is 4.52 Å². The van der Waals surface area contributed by atoms with E-state index in [0.29, 0.717) is 0 Å². The van der Waals surface area contributed by atoms with E-state index >= 15 is 0 Å². The van der Waals surface area contributed by atoms with E-state index in [-0.39, 0.29) is 11.6 Å². The maximum atomic E-state index is 10.8. The van der Waals surface area contributed by atoms with Crippen molar-refractivity contribution in [2.24, 2.45) is 0 Å². The van der Waals surface area contributed by atoms with Gasteiger partial charge in [0.2, 0.25) is 0 Å². The predicted molar refractivity (Wildman–Crippen MR) is 69.7 cm³/mol. The van der Waals surface area contributed by atoms with Crippen LogP contribution in [-0.2, 0) is 0 Å². The highest BCUT2D eigenvalue weighted by Gasteiger charge is 2.12. The van der Waals surface area contributed by atoms with Crippen molar-refractivity contribution in [3.05, 3.63) is 42.5 Å². The largest absolute Gasteiger partial charge is 0.497 e. The van der Waals surface area contributed by atoms with Crippen LogP contribution in [0, 0.1) is 0 Å². The van der Waals surface area contributed by atoms with E-state index in [0.717, 1.165) is 16.9 Å². The van der Waals surface area contributed by atoms with Crippen LogP contribution in [0.2, 0.25) is 0 Å². The number of aromatic nitrogens is 4. The van der Waals surface area contributed by atoms with Gasteiger partial charge in [-0.1, -0.05) is 12.1 Å². The Hall–Kier alpha value is -2.96. The van der Waals surface area contributed by atoms with Crippen LogP contribution in [0.1, 0.15) is 10.6 Å². The lowest BCUT2D eigenvalue weighted by molar-refractivity contribution is 0.0684. The third kappa shape index (κ3) is 2.05. The molecule has 0 aliphatic rings. The highest BCUT2D eigenvalue weighted by atomic mass is 16.5. The van der Waals surface area contributed by atoms with Crippen LogP contribution in [0.5, 0.6) is 5.75 Å². The monoisotopic (exact) mass is 270 g/mol. The Balaban J connectivity index is 2.09. The van der Waals surface area contributed by atoms with Gasteiger partial charge in [0.05, 0.1) is 7.11 Å². The van der Waals surface area contributed by atoms with Crippen molar-refractivity contribution in [3.8, 4) is 16.9 Å². The zero-order chi connectivity index (χ0) is 14.1. The fraction of sp³-hybridized carbons (Fsp3) is 0.0769. The van der Waals surface area contributed by atoms with Gasteiger partial charge in [0.1, 0.15) is 5.75 Å². The van der Waals surface area contributed by atoms with Crippen molar-refractivity contribution in [3.63, 3.8) is 0 Å². The summed E-state index contributed by atoms with van der Waals surface area (Å²) < 4.78 is 6.51. The van der Waals surface area contributed by atoms with Crippen molar-refractivity contribution >= 4 is 11.7 Å². The van der Waals surface area contributed by atoms with Gasteiger partial charge in [-0.2, -0.15) is 4.98 Å². The number of hydrogen-bond acceptors (Lipinski definition) is 5. The lowest BCUT2D eigenvalue weighted by Gasteiger charge is -2.04. The van der Waals surface area contributed by atoms with Gasteiger partial charge in [-0.05, 0) is 17.7 Å². The number of rotatable bonds is 3. The van der Waals surface area contributed by atoms with Crippen LogP contribution in [0.15, 0.2) is 36.7 Å². The molecule has 0 amide bonds. The number of carboxylic acids is 1. The van der Waals surface area contributed by atoms with Gasteiger partial charge in [0, 0.05) is 18.0 Å². The Morgan fingerprint density at radius 3 is 2.95 bits per heavy atom. The number of carboxylic acid groups (broad SMARTS) is 1. The quantitative estimate of drug-likeness (QED) is 0.775. The van der Waals surface area contributed by atoms with Crippen LogP contribution >= 0.6 is 0 Å². The topological polar surface area (TPSA) is 89.6 Å². The molecule has 0 atom stereocenters. The molecular formula is C13H10N4O3. The minimum Gasteiger partial charge on any atom is -0.497 e. The summed E-state index contributed by atoms with van der Waals surface area (Å²) in [6.07, 6.45) is 3.29. The molecule has 0 bridgehead atoms. The predicted octanol–water partition coefficient (Wildman–Crippen LogP) is 1.50. The van der Waals surface area contributed by atoms with Crippen LogP contribution in [0.4, 0.5) is 0 Å². The van der Waals surface area contributed by atoms with Crippen molar-refractivity contribution in [1.29, 1.82) is 0 Å².